The quantitative estimate of drug-likeness (QED) is 0.765. The van der Waals surface area contributed by atoms with Crippen molar-refractivity contribution in [2.24, 2.45) is 11.8 Å². The van der Waals surface area contributed by atoms with Crippen molar-refractivity contribution in [1.82, 2.24) is 10.2 Å². The number of rotatable bonds is 6. The summed E-state index contributed by atoms with van der Waals surface area (Å²) < 4.78 is 0. The van der Waals surface area contributed by atoms with Gasteiger partial charge in [0.05, 0.1) is 0 Å². The summed E-state index contributed by atoms with van der Waals surface area (Å²) in [5.41, 5.74) is 0. The third-order valence-electron chi connectivity index (χ3n) is 4.82. The summed E-state index contributed by atoms with van der Waals surface area (Å²) in [5, 5.41) is 3.54. The van der Waals surface area contributed by atoms with Crippen LogP contribution in [0.4, 0.5) is 0 Å². The molecule has 17 heavy (non-hydrogen) atoms. The van der Waals surface area contributed by atoms with Crippen molar-refractivity contribution in [3.05, 3.63) is 0 Å². The van der Waals surface area contributed by atoms with E-state index in [0.29, 0.717) is 0 Å². The molecule has 2 unspecified atom stereocenters. The van der Waals surface area contributed by atoms with Crippen LogP contribution in [0, 0.1) is 11.8 Å². The van der Waals surface area contributed by atoms with Crippen LogP contribution in [0.2, 0.25) is 0 Å². The molecule has 2 heteroatoms. The molecule has 0 radical (unpaired) electrons. The zero-order chi connectivity index (χ0) is 12.1. The fourth-order valence-electron chi connectivity index (χ4n) is 3.39. The smallest absolute Gasteiger partial charge is 0.00695 e. The van der Waals surface area contributed by atoms with Crippen LogP contribution >= 0.6 is 0 Å². The lowest BCUT2D eigenvalue weighted by Gasteiger charge is -2.37. The first-order valence-corrected chi connectivity index (χ1v) is 7.74. The van der Waals surface area contributed by atoms with Crippen molar-refractivity contribution in [3.63, 3.8) is 0 Å². The van der Waals surface area contributed by atoms with Gasteiger partial charge in [-0.15, -0.1) is 0 Å². The van der Waals surface area contributed by atoms with Gasteiger partial charge in [0.15, 0.2) is 0 Å². The van der Waals surface area contributed by atoms with E-state index in [4.69, 9.17) is 0 Å². The maximum absolute atomic E-state index is 3.54. The van der Waals surface area contributed by atoms with Crippen molar-refractivity contribution in [2.75, 3.05) is 26.2 Å². The molecule has 0 aromatic carbocycles. The Morgan fingerprint density at radius 3 is 2.47 bits per heavy atom. The first-order valence-electron chi connectivity index (χ1n) is 7.74. The average molecular weight is 238 g/mol. The molecule has 2 aliphatic rings. The Balaban J connectivity index is 1.73. The molecule has 0 amide bonds. The van der Waals surface area contributed by atoms with Crippen molar-refractivity contribution >= 4 is 0 Å². The number of hydrogen-bond donors (Lipinski definition) is 1. The Morgan fingerprint density at radius 2 is 1.94 bits per heavy atom. The van der Waals surface area contributed by atoms with E-state index in [9.17, 15) is 0 Å². The fourth-order valence-corrected chi connectivity index (χ4v) is 3.39. The average Bonchev–Trinajstić information content (AvgIpc) is 2.32. The van der Waals surface area contributed by atoms with Gasteiger partial charge < -0.3 is 10.2 Å². The molecule has 2 rings (SSSR count). The Morgan fingerprint density at radius 1 is 1.18 bits per heavy atom. The number of nitrogens with one attached hydrogen (secondary N) is 1. The van der Waals surface area contributed by atoms with Crippen molar-refractivity contribution in [1.29, 1.82) is 0 Å². The Hall–Kier alpha value is -0.0800. The van der Waals surface area contributed by atoms with E-state index in [1.807, 2.05) is 0 Å². The molecular formula is C15H30N2. The highest BCUT2D eigenvalue weighted by Gasteiger charge is 2.24. The maximum Gasteiger partial charge on any atom is 0.00695 e. The predicted octanol–water partition coefficient (Wildman–Crippen LogP) is 2.89. The van der Waals surface area contributed by atoms with E-state index in [2.05, 4.69) is 24.1 Å². The largest absolute Gasteiger partial charge is 0.316 e. The Kier molecular flexibility index (Phi) is 5.30. The second-order valence-corrected chi connectivity index (χ2v) is 6.18. The molecule has 1 N–H and O–H groups in total. The van der Waals surface area contributed by atoms with Crippen LogP contribution < -0.4 is 5.32 Å². The second-order valence-electron chi connectivity index (χ2n) is 6.18. The Labute approximate surface area is 107 Å². The van der Waals surface area contributed by atoms with Crippen LogP contribution in [-0.4, -0.2) is 37.1 Å². The lowest BCUT2D eigenvalue weighted by molar-refractivity contribution is 0.132. The van der Waals surface area contributed by atoms with Crippen LogP contribution in [0.15, 0.2) is 0 Å². The van der Waals surface area contributed by atoms with E-state index < -0.39 is 0 Å². The van der Waals surface area contributed by atoms with E-state index >= 15 is 0 Å². The highest BCUT2D eigenvalue weighted by Crippen LogP contribution is 2.31. The normalized spacial score (nSPS) is 28.1. The maximum atomic E-state index is 3.54. The molecule has 0 spiro atoms. The molecule has 1 aliphatic carbocycles. The van der Waals surface area contributed by atoms with Gasteiger partial charge in [0.1, 0.15) is 0 Å². The summed E-state index contributed by atoms with van der Waals surface area (Å²) in [7, 11) is 0. The van der Waals surface area contributed by atoms with Crippen LogP contribution in [0.5, 0.6) is 0 Å². The number of nitrogens with zero attached hydrogens (tertiary/aromatic N) is 1. The molecule has 0 aromatic heterocycles. The minimum Gasteiger partial charge on any atom is -0.316 e. The van der Waals surface area contributed by atoms with Crippen LogP contribution in [0.3, 0.4) is 0 Å². The van der Waals surface area contributed by atoms with Crippen LogP contribution in [-0.2, 0) is 0 Å². The monoisotopic (exact) mass is 238 g/mol. The molecule has 1 heterocycles. The fraction of sp³-hybridized carbons (Fsp3) is 1.00. The first kappa shape index (κ1) is 13.4. The van der Waals surface area contributed by atoms with Gasteiger partial charge >= 0.3 is 0 Å². The molecule has 1 saturated heterocycles. The molecular weight excluding hydrogens is 208 g/mol. The highest BCUT2D eigenvalue weighted by atomic mass is 15.1. The number of piperidine rings is 1. The molecule has 100 valence electrons. The standard InChI is InChI=1S/C15H30N2/c1-3-17(12-15-8-5-9-16-11-15)13(2)10-14-6-4-7-14/h13-16H,3-12H2,1-2H3. The summed E-state index contributed by atoms with van der Waals surface area (Å²) in [5.74, 6) is 1.94. The summed E-state index contributed by atoms with van der Waals surface area (Å²) in [6, 6.07) is 0.798. The second kappa shape index (κ2) is 6.75. The van der Waals surface area contributed by atoms with Gasteiger partial charge in [0.25, 0.3) is 0 Å². The van der Waals surface area contributed by atoms with Gasteiger partial charge in [0.2, 0.25) is 0 Å². The van der Waals surface area contributed by atoms with E-state index in [0.717, 1.165) is 17.9 Å². The minimum atomic E-state index is 0.798. The molecule has 0 bridgehead atoms. The lowest BCUT2D eigenvalue weighted by atomic mass is 9.81. The number of hydrogen-bond acceptors (Lipinski definition) is 2. The van der Waals surface area contributed by atoms with Crippen molar-refractivity contribution < 1.29 is 0 Å². The third-order valence-corrected chi connectivity index (χ3v) is 4.82. The van der Waals surface area contributed by atoms with E-state index in [-0.39, 0.29) is 0 Å². The SMILES string of the molecule is CCN(CC1CCCNC1)C(C)CC1CCC1. The molecule has 2 nitrogen and oxygen atoms in total. The van der Waals surface area contributed by atoms with E-state index in [1.54, 1.807) is 0 Å². The van der Waals surface area contributed by atoms with Gasteiger partial charge in [-0.25, -0.2) is 0 Å². The van der Waals surface area contributed by atoms with Crippen LogP contribution in [0.1, 0.15) is 52.4 Å². The highest BCUT2D eigenvalue weighted by molar-refractivity contribution is 4.79. The molecule has 2 fully saturated rings. The van der Waals surface area contributed by atoms with Crippen molar-refractivity contribution in [3.8, 4) is 0 Å². The van der Waals surface area contributed by atoms with Crippen molar-refractivity contribution in [2.45, 2.75) is 58.4 Å². The van der Waals surface area contributed by atoms with Gasteiger partial charge in [-0.3, -0.25) is 0 Å². The summed E-state index contributed by atoms with van der Waals surface area (Å²) in [4.78, 5) is 2.72. The summed E-state index contributed by atoms with van der Waals surface area (Å²) in [6.07, 6.45) is 8.71. The predicted molar refractivity (Wildman–Crippen MR) is 74.3 cm³/mol. The molecule has 0 aromatic rings. The topological polar surface area (TPSA) is 15.3 Å². The summed E-state index contributed by atoms with van der Waals surface area (Å²) >= 11 is 0. The van der Waals surface area contributed by atoms with Gasteiger partial charge in [-0.2, -0.15) is 0 Å². The first-order chi connectivity index (χ1) is 8.29. The molecule has 2 atom stereocenters. The van der Waals surface area contributed by atoms with Gasteiger partial charge in [0, 0.05) is 12.6 Å². The zero-order valence-electron chi connectivity index (χ0n) is 11.8. The van der Waals surface area contributed by atoms with Crippen LogP contribution in [0.25, 0.3) is 0 Å². The van der Waals surface area contributed by atoms with E-state index in [1.165, 1.54) is 64.7 Å². The van der Waals surface area contributed by atoms with Gasteiger partial charge in [-0.1, -0.05) is 26.2 Å². The Bertz CT molecular complexity index is 207. The molecule has 1 aliphatic heterocycles. The van der Waals surface area contributed by atoms with Gasteiger partial charge in [-0.05, 0) is 57.7 Å². The zero-order valence-corrected chi connectivity index (χ0v) is 11.8. The lowest BCUT2D eigenvalue weighted by Crippen LogP contribution is -2.42. The minimum absolute atomic E-state index is 0.798. The molecule has 1 saturated carbocycles. The summed E-state index contributed by atoms with van der Waals surface area (Å²) in [6.45, 7) is 9.79. The third kappa shape index (κ3) is 3.96.